The monoisotopic (exact) mass is 227 g/mol. The Bertz CT molecular complexity index is 206. The molecule has 0 heterocycles. The molecule has 0 aromatic heterocycles. The topological polar surface area (TPSA) is 33.0 Å². The highest BCUT2D eigenvalue weighted by molar-refractivity contribution is 6.73. The Morgan fingerprint density at radius 2 is 1.40 bits per heavy atom. The van der Waals surface area contributed by atoms with E-state index in [-0.39, 0.29) is 0 Å². The molecule has 3 heteroatoms. The van der Waals surface area contributed by atoms with Gasteiger partial charge in [-0.2, -0.15) is 5.26 Å². The van der Waals surface area contributed by atoms with E-state index in [2.05, 4.69) is 26.8 Å². The van der Waals surface area contributed by atoms with Crippen molar-refractivity contribution in [1.29, 1.82) is 5.26 Å². The number of hydrogen-bond donors (Lipinski definition) is 0. The molecule has 0 fully saturated rings. The third-order valence-electron chi connectivity index (χ3n) is 3.69. The van der Waals surface area contributed by atoms with Crippen LogP contribution in [0.15, 0.2) is 0 Å². The summed E-state index contributed by atoms with van der Waals surface area (Å²) in [5, 5.41) is 9.27. The Morgan fingerprint density at radius 1 is 1.00 bits per heavy atom. The number of nitrogens with zero attached hydrogens (tertiary/aromatic N) is 1. The molecule has 0 rings (SSSR count). The average molecular weight is 227 g/mol. The maximum absolute atomic E-state index is 9.27. The highest BCUT2D eigenvalue weighted by Crippen LogP contribution is 2.31. The van der Waals surface area contributed by atoms with Crippen LogP contribution in [0.2, 0.25) is 18.1 Å². The average Bonchev–Trinajstić information content (AvgIpc) is 2.33. The first-order valence-electron chi connectivity index (χ1n) is 6.19. The quantitative estimate of drug-likeness (QED) is 0.614. The van der Waals surface area contributed by atoms with Crippen molar-refractivity contribution in [2.45, 2.75) is 71.2 Å². The maximum Gasteiger partial charge on any atom is 0.194 e. The number of nitriles is 1. The number of hydrogen-bond acceptors (Lipinski definition) is 2. The second-order valence-corrected chi connectivity index (χ2v) is 8.85. The van der Waals surface area contributed by atoms with E-state index < -0.39 is 13.9 Å². The molecule has 0 radical (unpaired) electrons. The normalized spacial score (nSPS) is 12.5. The summed E-state index contributed by atoms with van der Waals surface area (Å²) in [5.74, 6) is 0. The fourth-order valence-corrected chi connectivity index (χ4v) is 5.05. The summed E-state index contributed by atoms with van der Waals surface area (Å²) in [6, 6.07) is 5.73. The molecule has 0 aliphatic rings. The second-order valence-electron chi connectivity index (χ2n) is 4.16. The summed E-state index contributed by atoms with van der Waals surface area (Å²) >= 11 is 0. The van der Waals surface area contributed by atoms with Gasteiger partial charge in [-0.25, -0.2) is 0 Å². The van der Waals surface area contributed by atoms with E-state index in [0.717, 1.165) is 31.0 Å². The molecule has 0 saturated heterocycles. The van der Waals surface area contributed by atoms with Crippen LogP contribution in [0.25, 0.3) is 0 Å². The van der Waals surface area contributed by atoms with Gasteiger partial charge in [-0.15, -0.1) is 0 Å². The minimum Gasteiger partial charge on any atom is -0.399 e. The van der Waals surface area contributed by atoms with Gasteiger partial charge in [0.25, 0.3) is 0 Å². The minimum absolute atomic E-state index is 0.520. The summed E-state index contributed by atoms with van der Waals surface area (Å²) in [6.45, 7) is 10.7. The summed E-state index contributed by atoms with van der Waals surface area (Å²) < 4.78 is 6.30. The lowest BCUT2D eigenvalue weighted by Gasteiger charge is -2.37. The van der Waals surface area contributed by atoms with Gasteiger partial charge in [-0.1, -0.05) is 34.6 Å². The standard InChI is InChI=1S/C12H25NOSi/c1-6-12(7-2,11-13)14-15(8-3,9-4)10-5/h6-10H2,1-5H3. The minimum atomic E-state index is -1.64. The van der Waals surface area contributed by atoms with Crippen molar-refractivity contribution >= 4 is 8.32 Å². The first-order valence-corrected chi connectivity index (χ1v) is 8.71. The Labute approximate surface area is 95.8 Å². The fraction of sp³-hybridized carbons (Fsp3) is 0.917. The molecule has 0 aliphatic carbocycles. The van der Waals surface area contributed by atoms with E-state index in [4.69, 9.17) is 4.43 Å². The molecule has 0 spiro atoms. The lowest BCUT2D eigenvalue weighted by atomic mass is 10.0. The van der Waals surface area contributed by atoms with Crippen LogP contribution >= 0.6 is 0 Å². The summed E-state index contributed by atoms with van der Waals surface area (Å²) in [6.07, 6.45) is 1.60. The van der Waals surface area contributed by atoms with Gasteiger partial charge in [0.1, 0.15) is 5.60 Å². The van der Waals surface area contributed by atoms with E-state index in [0.29, 0.717) is 0 Å². The molecule has 0 aromatic carbocycles. The lowest BCUT2D eigenvalue weighted by molar-refractivity contribution is 0.105. The first-order chi connectivity index (χ1) is 7.07. The smallest absolute Gasteiger partial charge is 0.194 e. The van der Waals surface area contributed by atoms with E-state index in [9.17, 15) is 5.26 Å². The molecule has 0 aromatic rings. The molecule has 88 valence electrons. The van der Waals surface area contributed by atoms with Gasteiger partial charge in [-0.3, -0.25) is 0 Å². The van der Waals surface area contributed by atoms with Crippen LogP contribution in [0, 0.1) is 11.3 Å². The summed E-state index contributed by atoms with van der Waals surface area (Å²) in [4.78, 5) is 0. The third kappa shape index (κ3) is 3.32. The van der Waals surface area contributed by atoms with Crippen molar-refractivity contribution in [2.24, 2.45) is 0 Å². The first kappa shape index (κ1) is 14.7. The third-order valence-corrected chi connectivity index (χ3v) is 8.38. The van der Waals surface area contributed by atoms with Crippen LogP contribution in [-0.4, -0.2) is 13.9 Å². The predicted octanol–water partition coefficient (Wildman–Crippen LogP) is 4.09. The van der Waals surface area contributed by atoms with Crippen molar-refractivity contribution in [3.63, 3.8) is 0 Å². The molecule has 0 N–H and O–H groups in total. The van der Waals surface area contributed by atoms with Gasteiger partial charge in [-0.05, 0) is 31.0 Å². The Balaban J connectivity index is 4.85. The lowest BCUT2D eigenvalue weighted by Crippen LogP contribution is -2.46. The highest BCUT2D eigenvalue weighted by atomic mass is 28.4. The van der Waals surface area contributed by atoms with Crippen LogP contribution in [0.3, 0.4) is 0 Å². The largest absolute Gasteiger partial charge is 0.399 e. The van der Waals surface area contributed by atoms with Crippen molar-refractivity contribution in [1.82, 2.24) is 0 Å². The summed E-state index contributed by atoms with van der Waals surface area (Å²) in [5.41, 5.74) is -0.520. The Morgan fingerprint density at radius 3 is 1.60 bits per heavy atom. The molecule has 0 unspecified atom stereocenters. The molecular formula is C12H25NOSi. The second kappa shape index (κ2) is 6.29. The zero-order chi connectivity index (χ0) is 11.9. The van der Waals surface area contributed by atoms with Crippen molar-refractivity contribution < 1.29 is 4.43 Å². The molecule has 0 amide bonds. The highest BCUT2D eigenvalue weighted by Gasteiger charge is 2.38. The Hall–Kier alpha value is -0.333. The van der Waals surface area contributed by atoms with Crippen LogP contribution in [-0.2, 0) is 4.43 Å². The zero-order valence-corrected chi connectivity index (χ0v) is 11.9. The van der Waals surface area contributed by atoms with E-state index in [1.807, 2.05) is 13.8 Å². The molecule has 15 heavy (non-hydrogen) atoms. The van der Waals surface area contributed by atoms with Crippen LogP contribution < -0.4 is 0 Å². The van der Waals surface area contributed by atoms with E-state index in [1.165, 1.54) is 0 Å². The predicted molar refractivity (Wildman–Crippen MR) is 67.2 cm³/mol. The Kier molecular flexibility index (Phi) is 6.15. The van der Waals surface area contributed by atoms with Gasteiger partial charge < -0.3 is 4.43 Å². The molecule has 0 aliphatic heterocycles. The molecule has 0 atom stereocenters. The zero-order valence-electron chi connectivity index (χ0n) is 10.9. The van der Waals surface area contributed by atoms with Gasteiger partial charge in [0.05, 0.1) is 6.07 Å². The van der Waals surface area contributed by atoms with Crippen molar-refractivity contribution in [2.75, 3.05) is 0 Å². The van der Waals surface area contributed by atoms with Crippen LogP contribution in [0.1, 0.15) is 47.5 Å². The molecular weight excluding hydrogens is 202 g/mol. The number of rotatable bonds is 7. The van der Waals surface area contributed by atoms with E-state index >= 15 is 0 Å². The van der Waals surface area contributed by atoms with Crippen molar-refractivity contribution in [3.05, 3.63) is 0 Å². The molecule has 0 bridgehead atoms. The van der Waals surface area contributed by atoms with Gasteiger partial charge in [0, 0.05) is 0 Å². The van der Waals surface area contributed by atoms with Crippen LogP contribution in [0.5, 0.6) is 0 Å². The van der Waals surface area contributed by atoms with E-state index in [1.54, 1.807) is 0 Å². The van der Waals surface area contributed by atoms with Gasteiger partial charge in [0.2, 0.25) is 0 Å². The summed E-state index contributed by atoms with van der Waals surface area (Å²) in [7, 11) is -1.64. The maximum atomic E-state index is 9.27. The van der Waals surface area contributed by atoms with Gasteiger partial charge in [0.15, 0.2) is 8.32 Å². The molecule has 2 nitrogen and oxygen atoms in total. The van der Waals surface area contributed by atoms with Crippen molar-refractivity contribution in [3.8, 4) is 6.07 Å². The SMILES string of the molecule is CCC(C#N)(CC)O[Si](CC)(CC)CC. The van der Waals surface area contributed by atoms with Gasteiger partial charge >= 0.3 is 0 Å². The fourth-order valence-electron chi connectivity index (χ4n) is 1.96. The van der Waals surface area contributed by atoms with Crippen LogP contribution in [0.4, 0.5) is 0 Å². The molecule has 0 saturated carbocycles.